The molecule has 0 unspecified atom stereocenters. The van der Waals surface area contributed by atoms with Crippen LogP contribution in [-0.2, 0) is 9.84 Å². The number of hydrogen-bond donors (Lipinski definition) is 1. The summed E-state index contributed by atoms with van der Waals surface area (Å²) in [4.78, 5) is 26.6. The van der Waals surface area contributed by atoms with E-state index in [2.05, 4.69) is 10.3 Å². The van der Waals surface area contributed by atoms with Gasteiger partial charge in [0, 0.05) is 12.1 Å². The summed E-state index contributed by atoms with van der Waals surface area (Å²) < 4.78 is 35.7. The molecule has 2 aromatic carbocycles. The maximum atomic E-state index is 12.7. The highest BCUT2D eigenvalue weighted by atomic mass is 32.2. The number of sulfone groups is 1. The quantitative estimate of drug-likeness (QED) is 0.429. The summed E-state index contributed by atoms with van der Waals surface area (Å²) in [7, 11) is -1.14. The number of anilines is 1. The molecule has 0 aliphatic heterocycles. The van der Waals surface area contributed by atoms with Gasteiger partial charge in [-0.25, -0.2) is 13.4 Å². The summed E-state index contributed by atoms with van der Waals surface area (Å²) in [5.74, 6) is -0.0257. The van der Waals surface area contributed by atoms with E-state index in [0.29, 0.717) is 0 Å². The Bertz CT molecular complexity index is 1180. The molecule has 3 aromatic rings. The number of thiazole rings is 1. The Morgan fingerprint density at radius 2 is 1.70 bits per heavy atom. The van der Waals surface area contributed by atoms with Crippen LogP contribution >= 0.6 is 11.3 Å². The third-order valence-corrected chi connectivity index (χ3v) is 7.13. The lowest BCUT2D eigenvalue weighted by atomic mass is 10.1. The third kappa shape index (κ3) is 4.09. The van der Waals surface area contributed by atoms with Crippen LogP contribution in [-0.4, -0.2) is 38.5 Å². The average molecular weight is 449 g/mol. The van der Waals surface area contributed by atoms with Crippen LogP contribution in [0.15, 0.2) is 57.8 Å². The Kier molecular flexibility index (Phi) is 5.99. The largest absolute Gasteiger partial charge is 0.496 e. The molecule has 1 N–H and O–H groups in total. The zero-order chi connectivity index (χ0) is 21.9. The van der Waals surface area contributed by atoms with E-state index in [1.54, 1.807) is 18.2 Å². The Morgan fingerprint density at radius 1 is 1.10 bits per heavy atom. The second-order valence-electron chi connectivity index (χ2n) is 5.73. The fraction of sp³-hybridized carbons (Fsp3) is 0.111. The van der Waals surface area contributed by atoms with Crippen molar-refractivity contribution in [3.8, 4) is 11.5 Å². The molecule has 0 bridgehead atoms. The van der Waals surface area contributed by atoms with Crippen molar-refractivity contribution in [2.24, 2.45) is 0 Å². The second-order valence-corrected chi connectivity index (χ2v) is 8.94. The number of nitrogens with one attached hydrogen (secondary N) is 1. The number of rotatable bonds is 7. The standard InChI is InChI=1S/C18H15N3O7S2/c1-27-13-4-3-5-14(28-2)16(13)17(22)20-18-19-10-15(29-18)30(25,26)12-8-6-11(7-9-12)21(23)24/h3-10H,1-2H3,(H,19,20,22). The summed E-state index contributed by atoms with van der Waals surface area (Å²) in [6.07, 6.45) is 1.11. The molecular formula is C18H15N3O7S2. The van der Waals surface area contributed by atoms with E-state index in [1.807, 2.05) is 0 Å². The van der Waals surface area contributed by atoms with Crippen molar-refractivity contribution in [1.82, 2.24) is 4.98 Å². The minimum absolute atomic E-state index is 0.0495. The number of nitro groups is 1. The molecule has 0 saturated carbocycles. The van der Waals surface area contributed by atoms with Crippen LogP contribution < -0.4 is 14.8 Å². The number of nitro benzene ring substituents is 1. The molecule has 10 nitrogen and oxygen atoms in total. The zero-order valence-corrected chi connectivity index (χ0v) is 17.3. The van der Waals surface area contributed by atoms with Gasteiger partial charge in [0.1, 0.15) is 21.3 Å². The number of nitrogens with zero attached hydrogens (tertiary/aromatic N) is 2. The van der Waals surface area contributed by atoms with Crippen molar-refractivity contribution in [3.63, 3.8) is 0 Å². The van der Waals surface area contributed by atoms with E-state index in [-0.39, 0.29) is 37.0 Å². The summed E-state index contributed by atoms with van der Waals surface area (Å²) in [5.41, 5.74) is -0.0885. The molecule has 0 saturated heterocycles. The average Bonchev–Trinajstić information content (AvgIpc) is 3.22. The van der Waals surface area contributed by atoms with Gasteiger partial charge in [-0.1, -0.05) is 17.4 Å². The van der Waals surface area contributed by atoms with Gasteiger partial charge < -0.3 is 9.47 Å². The van der Waals surface area contributed by atoms with Crippen LogP contribution in [0.3, 0.4) is 0 Å². The van der Waals surface area contributed by atoms with Gasteiger partial charge in [-0.15, -0.1) is 0 Å². The number of benzene rings is 2. The van der Waals surface area contributed by atoms with E-state index in [9.17, 15) is 23.3 Å². The SMILES string of the molecule is COc1cccc(OC)c1C(=O)Nc1ncc(S(=O)(=O)c2ccc([N+](=O)[O-])cc2)s1. The number of non-ortho nitro benzene ring substituents is 1. The summed E-state index contributed by atoms with van der Waals surface area (Å²) in [6, 6.07) is 9.33. The highest BCUT2D eigenvalue weighted by Crippen LogP contribution is 2.32. The molecule has 1 heterocycles. The fourth-order valence-corrected chi connectivity index (χ4v) is 4.97. The monoisotopic (exact) mass is 449 g/mol. The number of carbonyl (C=O) groups excluding carboxylic acids is 1. The maximum absolute atomic E-state index is 12.7. The summed E-state index contributed by atoms with van der Waals surface area (Å²) in [5, 5.41) is 13.3. The van der Waals surface area contributed by atoms with E-state index >= 15 is 0 Å². The molecular weight excluding hydrogens is 434 g/mol. The molecule has 0 aliphatic carbocycles. The molecule has 0 spiro atoms. The van der Waals surface area contributed by atoms with Crippen LogP contribution in [0.1, 0.15) is 10.4 Å². The lowest BCUT2D eigenvalue weighted by molar-refractivity contribution is -0.384. The van der Waals surface area contributed by atoms with Crippen molar-refractivity contribution < 1.29 is 27.6 Å². The van der Waals surface area contributed by atoms with Crippen molar-refractivity contribution in [3.05, 3.63) is 64.3 Å². The van der Waals surface area contributed by atoms with E-state index in [1.165, 1.54) is 14.2 Å². The van der Waals surface area contributed by atoms with Gasteiger partial charge >= 0.3 is 0 Å². The molecule has 1 aromatic heterocycles. The van der Waals surface area contributed by atoms with Crippen molar-refractivity contribution in [2.45, 2.75) is 9.10 Å². The first-order chi connectivity index (χ1) is 14.3. The van der Waals surface area contributed by atoms with Gasteiger partial charge in [0.15, 0.2) is 5.13 Å². The van der Waals surface area contributed by atoms with Crippen LogP contribution in [0.4, 0.5) is 10.8 Å². The Labute approximate surface area is 175 Å². The molecule has 0 aliphatic rings. The Hall–Kier alpha value is -3.51. The number of hydrogen-bond acceptors (Lipinski definition) is 9. The minimum Gasteiger partial charge on any atom is -0.496 e. The Morgan fingerprint density at radius 3 is 2.23 bits per heavy atom. The van der Waals surface area contributed by atoms with Crippen LogP contribution in [0, 0.1) is 10.1 Å². The molecule has 12 heteroatoms. The number of ether oxygens (including phenoxy) is 2. The number of aromatic nitrogens is 1. The first-order valence-corrected chi connectivity index (χ1v) is 10.6. The van der Waals surface area contributed by atoms with Crippen molar-refractivity contribution in [1.29, 1.82) is 0 Å². The lowest BCUT2D eigenvalue weighted by Gasteiger charge is -2.11. The molecule has 0 atom stereocenters. The first-order valence-electron chi connectivity index (χ1n) is 8.25. The van der Waals surface area contributed by atoms with Gasteiger partial charge in [-0.3, -0.25) is 20.2 Å². The van der Waals surface area contributed by atoms with Crippen LogP contribution in [0.25, 0.3) is 0 Å². The minimum atomic E-state index is -3.95. The fourth-order valence-electron chi connectivity index (χ4n) is 2.54. The second kappa shape index (κ2) is 8.47. The van der Waals surface area contributed by atoms with Gasteiger partial charge in [-0.05, 0) is 24.3 Å². The topological polar surface area (TPSA) is 138 Å². The van der Waals surface area contributed by atoms with Gasteiger partial charge in [0.05, 0.1) is 30.2 Å². The Balaban J connectivity index is 1.86. The van der Waals surface area contributed by atoms with Gasteiger partial charge in [0.2, 0.25) is 9.84 Å². The zero-order valence-electron chi connectivity index (χ0n) is 15.7. The van der Waals surface area contributed by atoms with Crippen LogP contribution in [0.2, 0.25) is 0 Å². The van der Waals surface area contributed by atoms with Gasteiger partial charge in [-0.2, -0.15) is 0 Å². The molecule has 1 amide bonds. The van der Waals surface area contributed by atoms with Crippen molar-refractivity contribution in [2.75, 3.05) is 19.5 Å². The van der Waals surface area contributed by atoms with E-state index in [0.717, 1.165) is 41.8 Å². The number of amides is 1. The predicted molar refractivity (Wildman–Crippen MR) is 108 cm³/mol. The third-order valence-electron chi connectivity index (χ3n) is 3.98. The molecule has 3 rings (SSSR count). The molecule has 0 fully saturated rings. The normalized spacial score (nSPS) is 11.0. The predicted octanol–water partition coefficient (Wildman–Crippen LogP) is 3.15. The molecule has 156 valence electrons. The maximum Gasteiger partial charge on any atom is 0.269 e. The smallest absolute Gasteiger partial charge is 0.269 e. The summed E-state index contributed by atoms with van der Waals surface area (Å²) >= 11 is 0.749. The number of carbonyl (C=O) groups is 1. The number of methoxy groups -OCH3 is 2. The van der Waals surface area contributed by atoms with E-state index in [4.69, 9.17) is 9.47 Å². The highest BCUT2D eigenvalue weighted by molar-refractivity contribution is 7.93. The highest BCUT2D eigenvalue weighted by Gasteiger charge is 2.24. The summed E-state index contributed by atoms with van der Waals surface area (Å²) in [6.45, 7) is 0. The van der Waals surface area contributed by atoms with Crippen molar-refractivity contribution >= 4 is 37.9 Å². The lowest BCUT2D eigenvalue weighted by Crippen LogP contribution is -2.14. The van der Waals surface area contributed by atoms with Gasteiger partial charge in [0.25, 0.3) is 11.6 Å². The molecule has 30 heavy (non-hydrogen) atoms. The van der Waals surface area contributed by atoms with E-state index < -0.39 is 20.7 Å². The first kappa shape index (κ1) is 21.2. The van der Waals surface area contributed by atoms with Crippen LogP contribution in [0.5, 0.6) is 11.5 Å². The molecule has 0 radical (unpaired) electrons.